The van der Waals surface area contributed by atoms with Gasteiger partial charge in [-0.15, -0.1) is 0 Å². The summed E-state index contributed by atoms with van der Waals surface area (Å²) in [5, 5.41) is 3.35. The molecule has 10 nitrogen and oxygen atoms in total. The van der Waals surface area contributed by atoms with E-state index in [0.717, 1.165) is 30.3 Å². The van der Waals surface area contributed by atoms with Crippen molar-refractivity contribution in [1.82, 2.24) is 39.5 Å². The number of alkyl halides is 3. The number of nitrogens with one attached hydrogen (secondary N) is 2. The predicted octanol–water partition coefficient (Wildman–Crippen LogP) is 5.85. The quantitative estimate of drug-likeness (QED) is 0.229. The van der Waals surface area contributed by atoms with Gasteiger partial charge in [0.15, 0.2) is 23.0 Å². The van der Waals surface area contributed by atoms with E-state index < -0.39 is 11.9 Å². The smallest absolute Gasteiger partial charge is 0.434 e. The van der Waals surface area contributed by atoms with Crippen LogP contribution in [0.4, 0.5) is 19.0 Å². The molecule has 1 aromatic carbocycles. The second-order valence-corrected chi connectivity index (χ2v) is 10.5. The number of fused-ring (bicyclic) bond motifs is 1. The summed E-state index contributed by atoms with van der Waals surface area (Å²) in [5.41, 5.74) is 3.25. The Balaban J connectivity index is 1.28. The SMILES string of the molecule is COc1ncnc(C2CC2)c1-c1nc(NCc2ccc(-c3nc(C(F)(F)F)cn3CC(C)C)cc2)c2[nH]cnc2n1. The molecule has 1 aliphatic rings. The molecule has 0 atom stereocenters. The Bertz CT molecular complexity index is 1690. The van der Waals surface area contributed by atoms with Crippen molar-refractivity contribution in [1.29, 1.82) is 0 Å². The molecule has 41 heavy (non-hydrogen) atoms. The van der Waals surface area contributed by atoms with Crippen LogP contribution in [0.3, 0.4) is 0 Å². The molecular weight excluding hydrogens is 535 g/mol. The van der Waals surface area contributed by atoms with E-state index in [0.29, 0.717) is 58.8 Å². The largest absolute Gasteiger partial charge is 0.480 e. The molecular formula is C28H28F3N9O. The molecule has 0 saturated heterocycles. The number of methoxy groups -OCH3 is 1. The van der Waals surface area contributed by atoms with Gasteiger partial charge >= 0.3 is 6.18 Å². The van der Waals surface area contributed by atoms with E-state index in [9.17, 15) is 13.2 Å². The number of anilines is 1. The number of aromatic nitrogens is 8. The van der Waals surface area contributed by atoms with Gasteiger partial charge in [0.2, 0.25) is 5.88 Å². The monoisotopic (exact) mass is 563 g/mol. The molecule has 5 aromatic rings. The number of imidazole rings is 2. The van der Waals surface area contributed by atoms with E-state index in [1.165, 1.54) is 6.33 Å². The molecule has 0 amide bonds. The van der Waals surface area contributed by atoms with Crippen LogP contribution in [0.2, 0.25) is 0 Å². The highest BCUT2D eigenvalue weighted by atomic mass is 19.4. The van der Waals surface area contributed by atoms with E-state index in [-0.39, 0.29) is 11.7 Å². The van der Waals surface area contributed by atoms with Crippen molar-refractivity contribution in [3.05, 3.63) is 60.1 Å². The van der Waals surface area contributed by atoms with E-state index in [4.69, 9.17) is 9.72 Å². The van der Waals surface area contributed by atoms with Gasteiger partial charge in [-0.3, -0.25) is 0 Å². The predicted molar refractivity (Wildman–Crippen MR) is 146 cm³/mol. The van der Waals surface area contributed by atoms with Crippen molar-refractivity contribution in [2.45, 2.75) is 51.9 Å². The highest BCUT2D eigenvalue weighted by Crippen LogP contribution is 2.45. The molecule has 2 N–H and O–H groups in total. The van der Waals surface area contributed by atoms with Crippen LogP contribution in [0, 0.1) is 5.92 Å². The molecule has 1 saturated carbocycles. The molecule has 1 fully saturated rings. The van der Waals surface area contributed by atoms with Crippen LogP contribution in [-0.4, -0.2) is 46.6 Å². The number of nitrogens with zero attached hydrogens (tertiary/aromatic N) is 7. The van der Waals surface area contributed by atoms with Crippen LogP contribution >= 0.6 is 0 Å². The molecule has 4 aromatic heterocycles. The van der Waals surface area contributed by atoms with Crippen LogP contribution in [-0.2, 0) is 19.3 Å². The Kier molecular flexibility index (Phi) is 6.80. The lowest BCUT2D eigenvalue weighted by Crippen LogP contribution is -2.07. The van der Waals surface area contributed by atoms with Gasteiger partial charge in [0, 0.05) is 30.8 Å². The first-order chi connectivity index (χ1) is 19.7. The molecule has 0 aliphatic heterocycles. The average molecular weight is 564 g/mol. The summed E-state index contributed by atoms with van der Waals surface area (Å²) >= 11 is 0. The van der Waals surface area contributed by atoms with Crippen molar-refractivity contribution in [2.24, 2.45) is 5.92 Å². The third kappa shape index (κ3) is 5.43. The summed E-state index contributed by atoms with van der Waals surface area (Å²) in [6.07, 6.45) is 1.69. The van der Waals surface area contributed by atoms with Gasteiger partial charge in [-0.25, -0.2) is 29.9 Å². The van der Waals surface area contributed by atoms with Crippen LogP contribution in [0.15, 0.2) is 43.1 Å². The third-order valence-electron chi connectivity index (χ3n) is 6.81. The van der Waals surface area contributed by atoms with Gasteiger partial charge in [-0.2, -0.15) is 13.2 Å². The Morgan fingerprint density at radius 3 is 2.54 bits per heavy atom. The number of H-pyrrole nitrogens is 1. The molecule has 0 unspecified atom stereocenters. The fourth-order valence-electron chi connectivity index (χ4n) is 4.76. The molecule has 0 radical (unpaired) electrons. The molecule has 212 valence electrons. The highest BCUT2D eigenvalue weighted by Gasteiger charge is 2.35. The highest BCUT2D eigenvalue weighted by molar-refractivity contribution is 5.85. The van der Waals surface area contributed by atoms with Crippen LogP contribution in [0.1, 0.15) is 49.6 Å². The second-order valence-electron chi connectivity index (χ2n) is 10.5. The summed E-state index contributed by atoms with van der Waals surface area (Å²) < 4.78 is 47.2. The van der Waals surface area contributed by atoms with E-state index >= 15 is 0 Å². The Hall–Kier alpha value is -4.55. The minimum Gasteiger partial charge on any atom is -0.480 e. The van der Waals surface area contributed by atoms with Gasteiger partial charge < -0.3 is 19.6 Å². The van der Waals surface area contributed by atoms with Crippen molar-refractivity contribution in [3.63, 3.8) is 0 Å². The number of hydrogen-bond acceptors (Lipinski definition) is 8. The lowest BCUT2D eigenvalue weighted by molar-refractivity contribution is -0.140. The first kappa shape index (κ1) is 26.7. The standard InChI is InChI=1S/C28H28F3N9O/c1-15(2)11-40-12-19(28(29,30)31)37-26(40)18-6-4-16(5-7-18)10-32-24-22-25(35-13-34-22)39-23(38-24)20-21(17-8-9-17)33-14-36-27(20)41-3/h4-7,12-15,17H,8-11H2,1-3H3,(H2,32,34,35,38,39). The van der Waals surface area contributed by atoms with Gasteiger partial charge in [0.25, 0.3) is 0 Å². The summed E-state index contributed by atoms with van der Waals surface area (Å²) in [4.78, 5) is 29.5. The van der Waals surface area contributed by atoms with Crippen LogP contribution in [0.5, 0.6) is 5.88 Å². The van der Waals surface area contributed by atoms with Gasteiger partial charge in [-0.05, 0) is 24.3 Å². The normalized spacial score (nSPS) is 13.7. The Morgan fingerprint density at radius 1 is 1.07 bits per heavy atom. The fraction of sp³-hybridized carbons (Fsp3) is 0.357. The average Bonchev–Trinajstić information content (AvgIpc) is 3.53. The first-order valence-electron chi connectivity index (χ1n) is 13.3. The minimum absolute atomic E-state index is 0.160. The fourth-order valence-corrected chi connectivity index (χ4v) is 4.76. The molecule has 6 rings (SSSR count). The summed E-state index contributed by atoms with van der Waals surface area (Å²) in [6, 6.07) is 7.27. The van der Waals surface area contributed by atoms with Crippen molar-refractivity contribution in [3.8, 4) is 28.7 Å². The maximum atomic E-state index is 13.4. The van der Waals surface area contributed by atoms with E-state index in [1.54, 1.807) is 30.1 Å². The molecule has 4 heterocycles. The molecule has 13 heteroatoms. The zero-order valence-electron chi connectivity index (χ0n) is 22.7. The zero-order valence-corrected chi connectivity index (χ0v) is 22.7. The van der Waals surface area contributed by atoms with Crippen molar-refractivity contribution < 1.29 is 17.9 Å². The van der Waals surface area contributed by atoms with Crippen molar-refractivity contribution in [2.75, 3.05) is 12.4 Å². The maximum absolute atomic E-state index is 13.4. The summed E-state index contributed by atoms with van der Waals surface area (Å²) in [5.74, 6) is 2.13. The third-order valence-corrected chi connectivity index (χ3v) is 6.81. The van der Waals surface area contributed by atoms with Gasteiger partial charge in [0.05, 0.1) is 19.1 Å². The first-order valence-corrected chi connectivity index (χ1v) is 13.3. The Morgan fingerprint density at radius 2 is 1.85 bits per heavy atom. The van der Waals surface area contributed by atoms with Gasteiger partial charge in [-0.1, -0.05) is 38.1 Å². The Labute approximate surface area is 233 Å². The minimum atomic E-state index is -4.51. The number of aromatic amines is 1. The number of hydrogen-bond donors (Lipinski definition) is 2. The zero-order chi connectivity index (χ0) is 28.7. The number of halogens is 3. The van der Waals surface area contributed by atoms with Crippen LogP contribution < -0.4 is 10.1 Å². The lowest BCUT2D eigenvalue weighted by atomic mass is 10.1. The molecule has 0 bridgehead atoms. The molecule has 1 aliphatic carbocycles. The van der Waals surface area contributed by atoms with E-state index in [2.05, 4.69) is 35.2 Å². The second kappa shape index (κ2) is 10.5. The lowest BCUT2D eigenvalue weighted by Gasteiger charge is -2.13. The van der Waals surface area contributed by atoms with Crippen molar-refractivity contribution >= 4 is 17.0 Å². The van der Waals surface area contributed by atoms with Crippen LogP contribution in [0.25, 0.3) is 33.9 Å². The topological polar surface area (TPSA) is 119 Å². The van der Waals surface area contributed by atoms with Gasteiger partial charge in [0.1, 0.15) is 23.2 Å². The summed E-state index contributed by atoms with van der Waals surface area (Å²) in [6.45, 7) is 4.73. The number of rotatable bonds is 9. The summed E-state index contributed by atoms with van der Waals surface area (Å²) in [7, 11) is 1.55. The maximum Gasteiger partial charge on any atom is 0.434 e. The molecule has 0 spiro atoms. The van der Waals surface area contributed by atoms with E-state index in [1.807, 2.05) is 26.0 Å². The number of ether oxygens (including phenoxy) is 1. The number of benzene rings is 1.